The van der Waals surface area contributed by atoms with Gasteiger partial charge in [0.1, 0.15) is 0 Å². The lowest BCUT2D eigenvalue weighted by Gasteiger charge is -2.13. The van der Waals surface area contributed by atoms with E-state index in [0.717, 1.165) is 59.0 Å². The summed E-state index contributed by atoms with van der Waals surface area (Å²) in [4.78, 5) is 9.12. The predicted molar refractivity (Wildman–Crippen MR) is 149 cm³/mol. The van der Waals surface area contributed by atoms with E-state index in [1.54, 1.807) is 18.5 Å². The zero-order chi connectivity index (χ0) is 24.2. The maximum atomic E-state index is 6.27. The molecule has 1 aromatic carbocycles. The van der Waals surface area contributed by atoms with Gasteiger partial charge in [-0.25, -0.2) is 0 Å². The van der Waals surface area contributed by atoms with Gasteiger partial charge in [-0.3, -0.25) is 9.98 Å². The molecule has 178 valence electrons. The molecule has 5 heteroatoms. The Morgan fingerprint density at radius 2 is 2.09 bits per heavy atom. The standard InChI is InChI=1S/C29H35N3OS/c1-4-10-26-27(30)17-19-31-28(26)14-9-13-24-15-16-25(33-24)21-34-20-22(3)29(32-18-5-2)23-11-7-6-8-12-23/h4-13,17-19,24-25H,2,14-16,20-21H2,1,3H3,(H2,30,31)/b10-4-,13-9+,29-22+,32-18?/t24-,25-/m0/s1. The number of nitrogens with zero attached hydrogens (tertiary/aromatic N) is 2. The number of hydrogen-bond acceptors (Lipinski definition) is 5. The molecule has 0 saturated carbocycles. The van der Waals surface area contributed by atoms with Crippen LogP contribution in [0.1, 0.15) is 43.5 Å². The minimum absolute atomic E-state index is 0.172. The normalized spacial score (nSPS) is 19.4. The van der Waals surface area contributed by atoms with Crippen molar-refractivity contribution in [2.75, 3.05) is 17.2 Å². The zero-order valence-corrected chi connectivity index (χ0v) is 21.0. The van der Waals surface area contributed by atoms with E-state index in [1.807, 2.05) is 55.1 Å². The van der Waals surface area contributed by atoms with Gasteiger partial charge in [0.15, 0.2) is 0 Å². The first-order chi connectivity index (χ1) is 16.6. The second kappa shape index (κ2) is 13.7. The SMILES string of the molecule is C=CC=N/C(=C(\C)CSC[C@@H]1CC[C@H](/C=C/Cc2nccc(N)c2/C=C\C)O1)c1ccccc1. The van der Waals surface area contributed by atoms with Gasteiger partial charge in [-0.2, -0.15) is 11.8 Å². The summed E-state index contributed by atoms with van der Waals surface area (Å²) in [6.07, 6.45) is 17.0. The number of anilines is 1. The van der Waals surface area contributed by atoms with Gasteiger partial charge in [-0.05, 0) is 38.3 Å². The van der Waals surface area contributed by atoms with E-state index < -0.39 is 0 Å². The molecule has 1 aromatic heterocycles. The van der Waals surface area contributed by atoms with Crippen molar-refractivity contribution in [3.8, 4) is 0 Å². The highest BCUT2D eigenvalue weighted by molar-refractivity contribution is 7.99. The number of rotatable bonds is 11. The fourth-order valence-corrected chi connectivity index (χ4v) is 5.02. The van der Waals surface area contributed by atoms with Crippen molar-refractivity contribution in [3.63, 3.8) is 0 Å². The Morgan fingerprint density at radius 3 is 2.85 bits per heavy atom. The average molecular weight is 474 g/mol. The number of thioether (sulfide) groups is 1. The molecule has 2 N–H and O–H groups in total. The maximum Gasteiger partial charge on any atom is 0.0761 e. The van der Waals surface area contributed by atoms with Crippen LogP contribution in [0.5, 0.6) is 0 Å². The van der Waals surface area contributed by atoms with Crippen molar-refractivity contribution < 1.29 is 4.74 Å². The number of nitrogens with two attached hydrogens (primary N) is 1. The van der Waals surface area contributed by atoms with Crippen LogP contribution < -0.4 is 5.73 Å². The highest BCUT2D eigenvalue weighted by Gasteiger charge is 2.23. The van der Waals surface area contributed by atoms with E-state index in [4.69, 9.17) is 10.5 Å². The van der Waals surface area contributed by atoms with Gasteiger partial charge in [-0.1, -0.05) is 67.3 Å². The van der Waals surface area contributed by atoms with Crippen molar-refractivity contribution >= 4 is 35.4 Å². The summed E-state index contributed by atoms with van der Waals surface area (Å²) < 4.78 is 6.27. The number of pyridine rings is 1. The molecule has 2 atom stereocenters. The van der Waals surface area contributed by atoms with E-state index in [-0.39, 0.29) is 12.2 Å². The minimum Gasteiger partial charge on any atom is -0.398 e. The largest absolute Gasteiger partial charge is 0.398 e. The van der Waals surface area contributed by atoms with Crippen LogP contribution in [0.25, 0.3) is 11.8 Å². The Balaban J connectivity index is 1.50. The summed E-state index contributed by atoms with van der Waals surface area (Å²) in [6, 6.07) is 12.2. The molecule has 0 unspecified atom stereocenters. The van der Waals surface area contributed by atoms with Crippen LogP contribution in [0.3, 0.4) is 0 Å². The maximum absolute atomic E-state index is 6.27. The van der Waals surface area contributed by atoms with Crippen molar-refractivity contribution in [3.05, 3.63) is 95.9 Å². The van der Waals surface area contributed by atoms with E-state index in [1.165, 1.54) is 5.57 Å². The quantitative estimate of drug-likeness (QED) is 0.289. The van der Waals surface area contributed by atoms with Gasteiger partial charge >= 0.3 is 0 Å². The van der Waals surface area contributed by atoms with Crippen molar-refractivity contribution in [1.82, 2.24) is 4.98 Å². The summed E-state index contributed by atoms with van der Waals surface area (Å²) in [5, 5.41) is 0. The Kier molecular flexibility index (Phi) is 10.4. The molecule has 0 spiro atoms. The van der Waals surface area contributed by atoms with Gasteiger partial charge < -0.3 is 10.5 Å². The number of benzene rings is 1. The second-order valence-corrected chi connectivity index (χ2v) is 9.32. The lowest BCUT2D eigenvalue weighted by molar-refractivity contribution is 0.0861. The average Bonchev–Trinajstić information content (AvgIpc) is 3.29. The topological polar surface area (TPSA) is 60.5 Å². The molecule has 1 aliphatic heterocycles. The molecule has 0 bridgehead atoms. The van der Waals surface area contributed by atoms with E-state index in [9.17, 15) is 0 Å². The Morgan fingerprint density at radius 1 is 1.26 bits per heavy atom. The monoisotopic (exact) mass is 473 g/mol. The number of nitrogen functional groups attached to an aromatic ring is 1. The van der Waals surface area contributed by atoms with E-state index in [2.05, 4.69) is 47.8 Å². The number of aromatic nitrogens is 1. The Hall–Kier alpha value is -2.89. The number of hydrogen-bond donors (Lipinski definition) is 1. The van der Waals surface area contributed by atoms with Crippen LogP contribution in [0.4, 0.5) is 5.69 Å². The molecule has 4 nitrogen and oxygen atoms in total. The van der Waals surface area contributed by atoms with Gasteiger partial charge in [0.05, 0.1) is 23.6 Å². The smallest absolute Gasteiger partial charge is 0.0761 e. The van der Waals surface area contributed by atoms with Crippen molar-refractivity contribution in [1.29, 1.82) is 0 Å². The van der Waals surface area contributed by atoms with Crippen LogP contribution in [0, 0.1) is 0 Å². The third-order valence-corrected chi connectivity index (χ3v) is 6.87. The molecule has 3 rings (SSSR count). The van der Waals surface area contributed by atoms with Crippen LogP contribution in [-0.4, -0.2) is 34.9 Å². The minimum atomic E-state index is 0.172. The van der Waals surface area contributed by atoms with Gasteiger partial charge in [-0.15, -0.1) is 0 Å². The van der Waals surface area contributed by atoms with E-state index in [0.29, 0.717) is 0 Å². The van der Waals surface area contributed by atoms with E-state index >= 15 is 0 Å². The number of allylic oxidation sites excluding steroid dienone is 3. The summed E-state index contributed by atoms with van der Waals surface area (Å²) in [6.45, 7) is 7.90. The molecule has 0 radical (unpaired) electrons. The lowest BCUT2D eigenvalue weighted by Crippen LogP contribution is -2.12. The highest BCUT2D eigenvalue weighted by atomic mass is 32.2. The van der Waals surface area contributed by atoms with Crippen LogP contribution in [0.15, 0.2) is 84.0 Å². The third-order valence-electron chi connectivity index (χ3n) is 5.62. The first-order valence-corrected chi connectivity index (χ1v) is 12.9. The van der Waals surface area contributed by atoms with Crippen LogP contribution in [-0.2, 0) is 11.2 Å². The summed E-state index contributed by atoms with van der Waals surface area (Å²) in [5.41, 5.74) is 12.3. The molecular weight excluding hydrogens is 438 g/mol. The first-order valence-electron chi connectivity index (χ1n) is 11.8. The number of ether oxygens (including phenoxy) is 1. The van der Waals surface area contributed by atoms with Crippen molar-refractivity contribution in [2.24, 2.45) is 4.99 Å². The predicted octanol–water partition coefficient (Wildman–Crippen LogP) is 6.76. The molecule has 34 heavy (non-hydrogen) atoms. The zero-order valence-electron chi connectivity index (χ0n) is 20.2. The fourth-order valence-electron chi connectivity index (χ4n) is 3.95. The summed E-state index contributed by atoms with van der Waals surface area (Å²) >= 11 is 1.91. The molecule has 0 amide bonds. The highest BCUT2D eigenvalue weighted by Crippen LogP contribution is 2.27. The number of aliphatic imine (C=N–C) groups is 1. The molecule has 2 aromatic rings. The molecule has 1 aliphatic rings. The molecule has 0 aliphatic carbocycles. The molecule has 2 heterocycles. The van der Waals surface area contributed by atoms with Crippen LogP contribution in [0.2, 0.25) is 0 Å². The Bertz CT molecular complexity index is 1060. The van der Waals surface area contributed by atoms with Gasteiger partial charge in [0.25, 0.3) is 0 Å². The summed E-state index contributed by atoms with van der Waals surface area (Å²) in [7, 11) is 0. The van der Waals surface area contributed by atoms with Crippen molar-refractivity contribution in [2.45, 2.75) is 45.3 Å². The first kappa shape index (κ1) is 25.7. The third kappa shape index (κ3) is 7.57. The Labute approximate surface area is 208 Å². The van der Waals surface area contributed by atoms with Gasteiger partial charge in [0.2, 0.25) is 0 Å². The summed E-state index contributed by atoms with van der Waals surface area (Å²) in [5.74, 6) is 1.91. The van der Waals surface area contributed by atoms with Gasteiger partial charge in [0, 0.05) is 47.2 Å². The molecular formula is C29H35N3OS. The van der Waals surface area contributed by atoms with Crippen LogP contribution >= 0.6 is 11.8 Å². The second-order valence-electron chi connectivity index (χ2n) is 8.29. The molecule has 1 saturated heterocycles. The fraction of sp³-hybridized carbons (Fsp3) is 0.310. The molecule has 1 fully saturated rings. The lowest BCUT2D eigenvalue weighted by atomic mass is 10.1.